The third-order valence-electron chi connectivity index (χ3n) is 3.59. The third kappa shape index (κ3) is 25.2. The molecule has 0 atom stereocenters. The maximum atomic E-state index is 4.51. The first-order chi connectivity index (χ1) is 11.9. The van der Waals surface area contributed by atoms with Crippen LogP contribution in [0.3, 0.4) is 0 Å². The highest BCUT2D eigenvalue weighted by molar-refractivity contribution is 7.81. The monoisotopic (exact) mass is 360 g/mol. The second kappa shape index (κ2) is 19.1. The average Bonchev–Trinajstić information content (AvgIpc) is 2.61. The van der Waals surface area contributed by atoms with Crippen LogP contribution in [0.2, 0.25) is 0 Å². The molecule has 0 aromatic heterocycles. The lowest BCUT2D eigenvalue weighted by Gasteiger charge is -2.16. The van der Waals surface area contributed by atoms with Gasteiger partial charge in [0.1, 0.15) is 0 Å². The topological polar surface area (TPSA) is 0 Å². The maximum Gasteiger partial charge on any atom is 0.00731 e. The molecule has 0 fully saturated rings. The zero-order valence-electron chi connectivity index (χ0n) is 16.8. The third-order valence-corrected chi connectivity index (χ3v) is 3.82. The number of thiol groups is 1. The molecule has 0 nitrogen and oxygen atoms in total. The van der Waals surface area contributed by atoms with E-state index in [2.05, 4.69) is 53.1 Å². The van der Waals surface area contributed by atoms with Gasteiger partial charge in [0.2, 0.25) is 0 Å². The van der Waals surface area contributed by atoms with Crippen LogP contribution in [0.1, 0.15) is 77.7 Å². The van der Waals surface area contributed by atoms with Crippen LogP contribution < -0.4 is 0 Å². The van der Waals surface area contributed by atoms with Gasteiger partial charge in [0, 0.05) is 4.75 Å². The molecule has 0 N–H and O–H groups in total. The standard InChI is InChI=1S/C12H26S.C8H8.C4H6/c1-4-5-6-7-8-9-10-11-12(2,3)13;1-2-8-6-4-3-5-7-8;1-3-4-2/h13H,4-11H2,1-3H3;2-7H,1H2;3-4H,1-2H2. The Morgan fingerprint density at radius 3 is 1.68 bits per heavy atom. The molecule has 0 aliphatic carbocycles. The second-order valence-electron chi connectivity index (χ2n) is 6.77. The van der Waals surface area contributed by atoms with Gasteiger partial charge in [-0.15, -0.1) is 0 Å². The largest absolute Gasteiger partial charge is 0.173 e. The van der Waals surface area contributed by atoms with Crippen LogP contribution in [-0.2, 0) is 0 Å². The smallest absolute Gasteiger partial charge is 0.00731 e. The molecule has 1 rings (SSSR count). The highest BCUT2D eigenvalue weighted by Crippen LogP contribution is 2.21. The molecule has 0 radical (unpaired) electrons. The van der Waals surface area contributed by atoms with Crippen molar-refractivity contribution in [2.45, 2.75) is 76.9 Å². The zero-order valence-corrected chi connectivity index (χ0v) is 17.7. The minimum absolute atomic E-state index is 0.240. The Kier molecular flexibility index (Phi) is 19.9. The van der Waals surface area contributed by atoms with E-state index in [1.165, 1.54) is 56.9 Å². The van der Waals surface area contributed by atoms with Crippen molar-refractivity contribution >= 4 is 18.7 Å². The van der Waals surface area contributed by atoms with Crippen LogP contribution in [0.5, 0.6) is 0 Å². The van der Waals surface area contributed by atoms with Crippen LogP contribution in [0.15, 0.2) is 62.2 Å². The molecule has 0 saturated carbocycles. The molecule has 0 spiro atoms. The number of hydrogen-bond donors (Lipinski definition) is 1. The fraction of sp³-hybridized carbons (Fsp3) is 0.500. The van der Waals surface area contributed by atoms with Gasteiger partial charge in [0.25, 0.3) is 0 Å². The average molecular weight is 361 g/mol. The molecular formula is C24H40S. The minimum atomic E-state index is 0.240. The van der Waals surface area contributed by atoms with E-state index in [0.29, 0.717) is 0 Å². The molecule has 0 saturated heterocycles. The zero-order chi connectivity index (χ0) is 19.4. The maximum absolute atomic E-state index is 4.51. The van der Waals surface area contributed by atoms with Crippen LogP contribution in [-0.4, -0.2) is 4.75 Å². The van der Waals surface area contributed by atoms with Gasteiger partial charge in [-0.1, -0.05) is 134 Å². The van der Waals surface area contributed by atoms with Crippen molar-refractivity contribution in [3.63, 3.8) is 0 Å². The SMILES string of the molecule is C=CC=C.C=Cc1ccccc1.CCCCCCCCCC(C)(C)S. The Balaban J connectivity index is 0. The Labute approximate surface area is 163 Å². The van der Waals surface area contributed by atoms with Crippen molar-refractivity contribution in [3.8, 4) is 0 Å². The van der Waals surface area contributed by atoms with Crippen molar-refractivity contribution < 1.29 is 0 Å². The van der Waals surface area contributed by atoms with E-state index < -0.39 is 0 Å². The van der Waals surface area contributed by atoms with Gasteiger partial charge < -0.3 is 0 Å². The Morgan fingerprint density at radius 2 is 1.32 bits per heavy atom. The van der Waals surface area contributed by atoms with Crippen LogP contribution in [0, 0.1) is 0 Å². The van der Waals surface area contributed by atoms with Crippen molar-refractivity contribution in [1.82, 2.24) is 0 Å². The van der Waals surface area contributed by atoms with Crippen LogP contribution >= 0.6 is 12.6 Å². The van der Waals surface area contributed by atoms with Gasteiger partial charge in [0.15, 0.2) is 0 Å². The summed E-state index contributed by atoms with van der Waals surface area (Å²) in [7, 11) is 0. The highest BCUT2D eigenvalue weighted by atomic mass is 32.1. The van der Waals surface area contributed by atoms with Gasteiger partial charge in [0.05, 0.1) is 0 Å². The molecule has 0 aliphatic heterocycles. The van der Waals surface area contributed by atoms with E-state index in [0.717, 1.165) is 0 Å². The van der Waals surface area contributed by atoms with E-state index >= 15 is 0 Å². The van der Waals surface area contributed by atoms with Crippen molar-refractivity contribution in [2.24, 2.45) is 0 Å². The van der Waals surface area contributed by atoms with Crippen molar-refractivity contribution in [3.05, 3.63) is 67.8 Å². The van der Waals surface area contributed by atoms with Crippen LogP contribution in [0.25, 0.3) is 6.08 Å². The van der Waals surface area contributed by atoms with Gasteiger partial charge in [-0.05, 0) is 12.0 Å². The first-order valence-corrected chi connectivity index (χ1v) is 9.99. The highest BCUT2D eigenvalue weighted by Gasteiger charge is 2.09. The van der Waals surface area contributed by atoms with E-state index in [4.69, 9.17) is 0 Å². The first kappa shape index (κ1) is 26.0. The summed E-state index contributed by atoms with van der Waals surface area (Å²) in [5.41, 5.74) is 1.17. The molecule has 1 aromatic rings. The van der Waals surface area contributed by atoms with Gasteiger partial charge in [-0.25, -0.2) is 0 Å². The lowest BCUT2D eigenvalue weighted by atomic mass is 10.0. The van der Waals surface area contributed by atoms with Gasteiger partial charge >= 0.3 is 0 Å². The predicted octanol–water partition coefficient (Wildman–Crippen LogP) is 8.52. The first-order valence-electron chi connectivity index (χ1n) is 9.54. The van der Waals surface area contributed by atoms with E-state index in [1.54, 1.807) is 12.2 Å². The minimum Gasteiger partial charge on any atom is -0.173 e. The molecule has 1 heteroatoms. The predicted molar refractivity (Wildman–Crippen MR) is 123 cm³/mol. The summed E-state index contributed by atoms with van der Waals surface area (Å²) in [5.74, 6) is 0. The quantitative estimate of drug-likeness (QED) is 0.241. The number of rotatable bonds is 10. The van der Waals surface area contributed by atoms with Gasteiger partial charge in [-0.3, -0.25) is 0 Å². The van der Waals surface area contributed by atoms with Gasteiger partial charge in [-0.2, -0.15) is 12.6 Å². The summed E-state index contributed by atoms with van der Waals surface area (Å²) in [6.45, 7) is 17.0. The molecule has 142 valence electrons. The summed E-state index contributed by atoms with van der Waals surface area (Å²) in [5, 5.41) is 0. The lowest BCUT2D eigenvalue weighted by Crippen LogP contribution is -2.09. The molecule has 0 unspecified atom stereocenters. The number of unbranched alkanes of at least 4 members (excludes halogenated alkanes) is 6. The molecule has 1 aromatic carbocycles. The summed E-state index contributed by atoms with van der Waals surface area (Å²) in [6.07, 6.45) is 16.2. The van der Waals surface area contributed by atoms with Crippen molar-refractivity contribution in [1.29, 1.82) is 0 Å². The van der Waals surface area contributed by atoms with Crippen LogP contribution in [0.4, 0.5) is 0 Å². The fourth-order valence-electron chi connectivity index (χ4n) is 2.10. The van der Waals surface area contributed by atoms with E-state index in [1.807, 2.05) is 36.4 Å². The second-order valence-corrected chi connectivity index (χ2v) is 7.98. The molecule has 0 heterocycles. The Bertz CT molecular complexity index is 405. The molecule has 0 bridgehead atoms. The Morgan fingerprint density at radius 1 is 0.840 bits per heavy atom. The van der Waals surface area contributed by atoms with E-state index in [9.17, 15) is 0 Å². The normalized spacial score (nSPS) is 9.76. The number of hydrogen-bond acceptors (Lipinski definition) is 1. The summed E-state index contributed by atoms with van der Waals surface area (Å²) in [4.78, 5) is 0. The molecular weight excluding hydrogens is 320 g/mol. The summed E-state index contributed by atoms with van der Waals surface area (Å²) in [6, 6.07) is 10.0. The number of allylic oxidation sites excluding steroid dienone is 2. The molecule has 25 heavy (non-hydrogen) atoms. The summed E-state index contributed by atoms with van der Waals surface area (Å²) >= 11 is 4.51. The number of benzene rings is 1. The fourth-order valence-corrected chi connectivity index (χ4v) is 2.26. The van der Waals surface area contributed by atoms with Crippen molar-refractivity contribution in [2.75, 3.05) is 0 Å². The molecule has 0 aliphatic rings. The van der Waals surface area contributed by atoms with E-state index in [-0.39, 0.29) is 4.75 Å². The summed E-state index contributed by atoms with van der Waals surface area (Å²) < 4.78 is 0.240. The lowest BCUT2D eigenvalue weighted by molar-refractivity contribution is 0.538. The molecule has 0 amide bonds. The Hall–Kier alpha value is -1.21.